The molecule has 0 aromatic carbocycles. The maximum atomic E-state index is 13.4. The highest BCUT2D eigenvalue weighted by Gasteiger charge is 2.70. The molecule has 4 aromatic rings. The standard InChI is InChI=1S/C27H28N8O/c36-25(29-16-26-10-17-8-19-9-20(12-26)27(19,11-17)15-26)22-2-1-3-23-30-21(13-34(22)23)14-35-24(31-32-33-35)18-4-6-28-7-5-18/h1-7,13,17,19-20H,8-12,14-16H2,(H,29,36). The third-order valence-corrected chi connectivity index (χ3v) is 9.77. The van der Waals surface area contributed by atoms with Gasteiger partial charge in [-0.15, -0.1) is 5.10 Å². The van der Waals surface area contributed by atoms with Crippen LogP contribution in [0.25, 0.3) is 17.0 Å². The van der Waals surface area contributed by atoms with E-state index in [1.165, 1.54) is 38.5 Å². The van der Waals surface area contributed by atoms with Crippen molar-refractivity contribution in [2.45, 2.75) is 45.1 Å². The number of hydrogen-bond donors (Lipinski definition) is 1. The first kappa shape index (κ1) is 20.6. The number of tetrazole rings is 1. The van der Waals surface area contributed by atoms with Gasteiger partial charge in [-0.1, -0.05) is 6.07 Å². The van der Waals surface area contributed by atoms with Crippen molar-refractivity contribution in [2.24, 2.45) is 28.6 Å². The largest absolute Gasteiger partial charge is 0.350 e. The first-order chi connectivity index (χ1) is 17.6. The van der Waals surface area contributed by atoms with Gasteiger partial charge in [-0.25, -0.2) is 9.67 Å². The van der Waals surface area contributed by atoms with Crippen LogP contribution in [0.4, 0.5) is 0 Å². The fourth-order valence-electron chi connectivity index (χ4n) is 8.60. The summed E-state index contributed by atoms with van der Waals surface area (Å²) in [6.07, 6.45) is 13.6. The van der Waals surface area contributed by atoms with E-state index in [4.69, 9.17) is 4.98 Å². The van der Waals surface area contributed by atoms with Gasteiger partial charge in [0.2, 0.25) is 0 Å². The average molecular weight is 481 g/mol. The van der Waals surface area contributed by atoms with E-state index in [9.17, 15) is 4.79 Å². The molecule has 4 heterocycles. The molecule has 36 heavy (non-hydrogen) atoms. The van der Waals surface area contributed by atoms with E-state index in [1.807, 2.05) is 40.9 Å². The molecule has 1 N–H and O–H groups in total. The Hall–Kier alpha value is -3.62. The monoisotopic (exact) mass is 480 g/mol. The molecule has 8 rings (SSSR count). The highest BCUT2D eigenvalue weighted by Crippen LogP contribution is 2.78. The lowest BCUT2D eigenvalue weighted by Crippen LogP contribution is -2.43. The normalized spacial score (nSPS) is 31.5. The molecule has 1 spiro atoms. The van der Waals surface area contributed by atoms with Crippen LogP contribution in [-0.4, -0.2) is 47.0 Å². The molecule has 9 heteroatoms. The number of imidazole rings is 1. The summed E-state index contributed by atoms with van der Waals surface area (Å²) < 4.78 is 3.60. The molecule has 1 amide bonds. The van der Waals surface area contributed by atoms with Crippen molar-refractivity contribution in [2.75, 3.05) is 6.54 Å². The topological polar surface area (TPSA) is 103 Å². The highest BCUT2D eigenvalue weighted by atomic mass is 16.1. The van der Waals surface area contributed by atoms with Crippen molar-refractivity contribution < 1.29 is 4.79 Å². The molecular weight excluding hydrogens is 452 g/mol. The molecule has 182 valence electrons. The Balaban J connectivity index is 1.03. The van der Waals surface area contributed by atoms with Crippen LogP contribution < -0.4 is 5.32 Å². The van der Waals surface area contributed by atoms with Crippen LogP contribution in [0.3, 0.4) is 0 Å². The van der Waals surface area contributed by atoms with Gasteiger partial charge in [0, 0.05) is 30.7 Å². The zero-order chi connectivity index (χ0) is 23.9. The van der Waals surface area contributed by atoms with Crippen LogP contribution in [0.1, 0.15) is 54.7 Å². The van der Waals surface area contributed by atoms with E-state index in [2.05, 4.69) is 25.8 Å². The van der Waals surface area contributed by atoms with Crippen molar-refractivity contribution >= 4 is 11.6 Å². The van der Waals surface area contributed by atoms with E-state index in [0.29, 0.717) is 28.9 Å². The molecule has 5 unspecified atom stereocenters. The van der Waals surface area contributed by atoms with Gasteiger partial charge in [0.05, 0.1) is 12.2 Å². The Kier molecular flexibility index (Phi) is 4.12. The zero-order valence-corrected chi connectivity index (χ0v) is 20.0. The summed E-state index contributed by atoms with van der Waals surface area (Å²) in [6, 6.07) is 9.46. The molecule has 4 aliphatic carbocycles. The molecular formula is C27H28N8O. The molecule has 0 saturated heterocycles. The number of fused-ring (bicyclic) bond motifs is 3. The summed E-state index contributed by atoms with van der Waals surface area (Å²) in [4.78, 5) is 22.2. The van der Waals surface area contributed by atoms with Crippen molar-refractivity contribution in [3.05, 3.63) is 60.3 Å². The Morgan fingerprint density at radius 3 is 2.92 bits per heavy atom. The minimum Gasteiger partial charge on any atom is -0.350 e. The molecule has 3 bridgehead atoms. The second-order valence-corrected chi connectivity index (χ2v) is 11.7. The Morgan fingerprint density at radius 1 is 1.08 bits per heavy atom. The number of rotatable bonds is 6. The fraction of sp³-hybridized carbons (Fsp3) is 0.481. The van der Waals surface area contributed by atoms with Gasteiger partial charge in [-0.2, -0.15) is 0 Å². The summed E-state index contributed by atoms with van der Waals surface area (Å²) >= 11 is 0. The predicted molar refractivity (Wildman–Crippen MR) is 131 cm³/mol. The van der Waals surface area contributed by atoms with E-state index in [0.717, 1.165) is 41.2 Å². The first-order valence-electron chi connectivity index (χ1n) is 13.0. The average Bonchev–Trinajstić information content (AvgIpc) is 3.60. The number of carbonyl (C=O) groups excluding carboxylic acids is 1. The van der Waals surface area contributed by atoms with Crippen LogP contribution in [0.2, 0.25) is 0 Å². The number of carbonyl (C=O) groups is 1. The molecule has 4 aromatic heterocycles. The number of amides is 1. The van der Waals surface area contributed by atoms with E-state index in [-0.39, 0.29) is 5.91 Å². The summed E-state index contributed by atoms with van der Waals surface area (Å²) in [7, 11) is 0. The van der Waals surface area contributed by atoms with Gasteiger partial charge in [0.25, 0.3) is 5.91 Å². The van der Waals surface area contributed by atoms with Gasteiger partial charge in [-0.3, -0.25) is 14.2 Å². The van der Waals surface area contributed by atoms with Crippen molar-refractivity contribution in [1.82, 2.24) is 39.9 Å². The van der Waals surface area contributed by atoms with Gasteiger partial charge in [0.15, 0.2) is 5.82 Å². The van der Waals surface area contributed by atoms with Gasteiger partial charge in [0.1, 0.15) is 11.3 Å². The van der Waals surface area contributed by atoms with E-state index in [1.54, 1.807) is 17.1 Å². The van der Waals surface area contributed by atoms with Crippen LogP contribution in [0.15, 0.2) is 48.9 Å². The lowest BCUT2D eigenvalue weighted by Gasteiger charge is -2.49. The number of nitrogens with one attached hydrogen (secondary N) is 1. The smallest absolute Gasteiger partial charge is 0.268 e. The van der Waals surface area contributed by atoms with Crippen molar-refractivity contribution in [1.29, 1.82) is 0 Å². The SMILES string of the molecule is O=C(NCC12CC3CC4CC(C1)C4(C3)C2)c1cccc2nc(Cn3nnnc3-c3ccncc3)cn12. The summed E-state index contributed by atoms with van der Waals surface area (Å²) in [5, 5.41) is 15.5. The quantitative estimate of drug-likeness (QED) is 0.454. The second kappa shape index (κ2) is 7.21. The maximum absolute atomic E-state index is 13.4. The summed E-state index contributed by atoms with van der Waals surface area (Å²) in [5.41, 5.74) is 3.98. The minimum atomic E-state index is -0.0231. The van der Waals surface area contributed by atoms with Gasteiger partial charge < -0.3 is 5.32 Å². The molecule has 4 saturated carbocycles. The molecule has 4 fully saturated rings. The Bertz CT molecular complexity index is 1490. The maximum Gasteiger partial charge on any atom is 0.268 e. The first-order valence-corrected chi connectivity index (χ1v) is 13.0. The lowest BCUT2D eigenvalue weighted by molar-refractivity contribution is -0.00254. The number of pyridine rings is 2. The van der Waals surface area contributed by atoms with E-state index < -0.39 is 0 Å². The molecule has 5 atom stereocenters. The van der Waals surface area contributed by atoms with Crippen LogP contribution in [0.5, 0.6) is 0 Å². The molecule has 4 aliphatic rings. The number of aromatic nitrogens is 7. The summed E-state index contributed by atoms with van der Waals surface area (Å²) in [5.74, 6) is 3.40. The third-order valence-electron chi connectivity index (χ3n) is 9.77. The number of hydrogen-bond acceptors (Lipinski definition) is 6. The predicted octanol–water partition coefficient (Wildman–Crippen LogP) is 3.38. The zero-order valence-electron chi connectivity index (χ0n) is 20.0. The Morgan fingerprint density at radius 2 is 2.00 bits per heavy atom. The van der Waals surface area contributed by atoms with Crippen molar-refractivity contribution in [3.63, 3.8) is 0 Å². The van der Waals surface area contributed by atoms with Crippen LogP contribution in [-0.2, 0) is 6.54 Å². The lowest BCUT2D eigenvalue weighted by atomic mass is 9.55. The molecule has 0 aliphatic heterocycles. The van der Waals surface area contributed by atoms with Crippen LogP contribution >= 0.6 is 0 Å². The minimum absolute atomic E-state index is 0.0231. The molecule has 9 nitrogen and oxygen atoms in total. The van der Waals surface area contributed by atoms with Crippen molar-refractivity contribution in [3.8, 4) is 11.4 Å². The fourth-order valence-corrected chi connectivity index (χ4v) is 8.60. The van der Waals surface area contributed by atoms with E-state index >= 15 is 0 Å². The number of nitrogens with zero attached hydrogens (tertiary/aromatic N) is 7. The second-order valence-electron chi connectivity index (χ2n) is 11.7. The van der Waals surface area contributed by atoms with Gasteiger partial charge >= 0.3 is 0 Å². The third kappa shape index (κ3) is 2.88. The van der Waals surface area contributed by atoms with Gasteiger partial charge in [-0.05, 0) is 102 Å². The highest BCUT2D eigenvalue weighted by molar-refractivity contribution is 5.93. The van der Waals surface area contributed by atoms with Crippen LogP contribution in [0, 0.1) is 28.6 Å². The molecule has 0 radical (unpaired) electrons. The Labute approximate surface area is 208 Å². The summed E-state index contributed by atoms with van der Waals surface area (Å²) in [6.45, 7) is 1.20.